The van der Waals surface area contributed by atoms with Crippen molar-refractivity contribution in [1.82, 2.24) is 4.31 Å². The summed E-state index contributed by atoms with van der Waals surface area (Å²) in [6.45, 7) is 5.47. The molecular weight excluding hydrogens is 250 g/mol. The lowest BCUT2D eigenvalue weighted by Gasteiger charge is -2.21. The number of benzene rings is 1. The van der Waals surface area contributed by atoms with E-state index in [9.17, 15) is 13.2 Å². The van der Waals surface area contributed by atoms with E-state index in [1.54, 1.807) is 12.1 Å². The monoisotopic (exact) mass is 265 g/mol. The Morgan fingerprint density at radius 2 is 1.94 bits per heavy atom. The second-order valence-corrected chi connectivity index (χ2v) is 6.16. The maximum Gasteiger partial charge on any atom is 0.267 e. The van der Waals surface area contributed by atoms with Gasteiger partial charge in [0.25, 0.3) is 10.0 Å². The number of rotatable bonds is 3. The number of sulfonamides is 1. The first-order chi connectivity index (χ1) is 8.46. The van der Waals surface area contributed by atoms with Crippen molar-refractivity contribution in [3.63, 3.8) is 0 Å². The fourth-order valence-electron chi connectivity index (χ4n) is 2.03. The molecule has 2 rings (SSSR count). The molecule has 0 bridgehead atoms. The summed E-state index contributed by atoms with van der Waals surface area (Å²) < 4.78 is 25.7. The predicted molar refractivity (Wildman–Crippen MR) is 68.4 cm³/mol. The van der Waals surface area contributed by atoms with E-state index in [-0.39, 0.29) is 17.2 Å². The van der Waals surface area contributed by atoms with Crippen LogP contribution in [0.3, 0.4) is 0 Å². The molecule has 0 N–H and O–H groups in total. The Hall–Kier alpha value is -1.62. The quantitative estimate of drug-likeness (QED) is 0.784. The van der Waals surface area contributed by atoms with Gasteiger partial charge in [-0.25, -0.2) is 12.7 Å². The highest BCUT2D eigenvalue weighted by Gasteiger charge is 2.38. The van der Waals surface area contributed by atoms with Gasteiger partial charge in [-0.05, 0) is 25.5 Å². The van der Waals surface area contributed by atoms with E-state index in [1.807, 2.05) is 6.92 Å². The van der Waals surface area contributed by atoms with Gasteiger partial charge >= 0.3 is 0 Å². The van der Waals surface area contributed by atoms with Crippen molar-refractivity contribution in [3.8, 4) is 0 Å². The third-order valence-corrected chi connectivity index (χ3v) is 4.91. The normalized spacial score (nSPS) is 20.2. The molecule has 0 aliphatic carbocycles. The molecule has 0 unspecified atom stereocenters. The maximum absolute atomic E-state index is 12.4. The first-order valence-electron chi connectivity index (χ1n) is 5.73. The van der Waals surface area contributed by atoms with Crippen LogP contribution in [0, 0.1) is 6.92 Å². The minimum Gasteiger partial charge on any atom is -0.274 e. The third-order valence-electron chi connectivity index (χ3n) is 3.05. The van der Waals surface area contributed by atoms with Gasteiger partial charge in [-0.1, -0.05) is 23.8 Å². The van der Waals surface area contributed by atoms with Crippen molar-refractivity contribution >= 4 is 15.9 Å². The fourth-order valence-corrected chi connectivity index (χ4v) is 3.65. The van der Waals surface area contributed by atoms with Gasteiger partial charge in [0.2, 0.25) is 5.91 Å². The van der Waals surface area contributed by atoms with Crippen molar-refractivity contribution in [2.75, 3.05) is 0 Å². The van der Waals surface area contributed by atoms with Crippen molar-refractivity contribution < 1.29 is 13.2 Å². The standard InChI is InChI=1S/C13H15NO3S/c1-3-11-6-9-13(15)14(11)18(16,17)12-7-4-10(2)5-8-12/h3-5,7-8,11H,1,6,9H2,2H3/t11-/m1/s1. The average Bonchev–Trinajstić information content (AvgIpc) is 2.71. The van der Waals surface area contributed by atoms with E-state index < -0.39 is 16.1 Å². The van der Waals surface area contributed by atoms with Crippen molar-refractivity contribution in [2.45, 2.75) is 30.7 Å². The molecular formula is C13H15NO3S. The van der Waals surface area contributed by atoms with Gasteiger partial charge in [-0.3, -0.25) is 4.79 Å². The number of hydrogen-bond acceptors (Lipinski definition) is 3. The van der Waals surface area contributed by atoms with Crippen LogP contribution in [0.15, 0.2) is 41.8 Å². The van der Waals surface area contributed by atoms with Gasteiger partial charge in [0, 0.05) is 6.42 Å². The number of aryl methyl sites for hydroxylation is 1. The Morgan fingerprint density at radius 3 is 2.50 bits per heavy atom. The molecule has 1 aliphatic heterocycles. The van der Waals surface area contributed by atoms with Crippen LogP contribution < -0.4 is 0 Å². The second kappa shape index (κ2) is 4.57. The van der Waals surface area contributed by atoms with Crippen molar-refractivity contribution in [1.29, 1.82) is 0 Å². The predicted octanol–water partition coefficient (Wildman–Crippen LogP) is 1.86. The van der Waals surface area contributed by atoms with Gasteiger partial charge in [-0.2, -0.15) is 0 Å². The molecule has 0 saturated carbocycles. The second-order valence-electron chi connectivity index (χ2n) is 4.35. The van der Waals surface area contributed by atoms with Crippen LogP contribution in [0.2, 0.25) is 0 Å². The van der Waals surface area contributed by atoms with E-state index in [0.717, 1.165) is 9.87 Å². The third kappa shape index (κ3) is 2.06. The van der Waals surface area contributed by atoms with Gasteiger partial charge in [-0.15, -0.1) is 6.58 Å². The largest absolute Gasteiger partial charge is 0.274 e. The molecule has 1 aromatic carbocycles. The van der Waals surface area contributed by atoms with E-state index in [1.165, 1.54) is 18.2 Å². The average molecular weight is 265 g/mol. The zero-order chi connectivity index (χ0) is 13.3. The Balaban J connectivity index is 2.44. The number of amides is 1. The number of carbonyl (C=O) groups excluding carboxylic acids is 1. The summed E-state index contributed by atoms with van der Waals surface area (Å²) in [5.41, 5.74) is 0.974. The van der Waals surface area contributed by atoms with Crippen LogP contribution >= 0.6 is 0 Å². The molecule has 18 heavy (non-hydrogen) atoms. The first kappa shape index (κ1) is 12.8. The topological polar surface area (TPSA) is 54.5 Å². The number of nitrogens with zero attached hydrogens (tertiary/aromatic N) is 1. The molecule has 1 aliphatic rings. The zero-order valence-corrected chi connectivity index (χ0v) is 11.0. The van der Waals surface area contributed by atoms with E-state index in [2.05, 4.69) is 6.58 Å². The van der Waals surface area contributed by atoms with Crippen LogP contribution in [0.1, 0.15) is 18.4 Å². The summed E-state index contributed by atoms with van der Waals surface area (Å²) in [6.07, 6.45) is 2.27. The van der Waals surface area contributed by atoms with Crippen LogP contribution in [0.4, 0.5) is 0 Å². The van der Waals surface area contributed by atoms with Crippen LogP contribution in [-0.2, 0) is 14.8 Å². The van der Waals surface area contributed by atoms with Gasteiger partial charge < -0.3 is 0 Å². The van der Waals surface area contributed by atoms with Gasteiger partial charge in [0.1, 0.15) is 0 Å². The minimum atomic E-state index is -3.75. The fraction of sp³-hybridized carbons (Fsp3) is 0.308. The summed E-state index contributed by atoms with van der Waals surface area (Å²) in [6, 6.07) is 6.06. The first-order valence-corrected chi connectivity index (χ1v) is 7.17. The van der Waals surface area contributed by atoms with Gasteiger partial charge in [0.15, 0.2) is 0 Å². The van der Waals surface area contributed by atoms with Crippen molar-refractivity contribution in [2.24, 2.45) is 0 Å². The summed E-state index contributed by atoms with van der Waals surface area (Å²) in [5, 5.41) is 0. The van der Waals surface area contributed by atoms with Crippen LogP contribution in [0.25, 0.3) is 0 Å². The molecule has 1 aromatic rings. The maximum atomic E-state index is 12.4. The highest BCUT2D eigenvalue weighted by molar-refractivity contribution is 7.89. The van der Waals surface area contributed by atoms with E-state index in [4.69, 9.17) is 0 Å². The number of carbonyl (C=O) groups is 1. The Morgan fingerprint density at radius 1 is 1.33 bits per heavy atom. The molecule has 0 radical (unpaired) electrons. The van der Waals surface area contributed by atoms with Crippen LogP contribution in [0.5, 0.6) is 0 Å². The lowest BCUT2D eigenvalue weighted by molar-refractivity contribution is -0.124. The molecule has 1 amide bonds. The molecule has 1 heterocycles. The highest BCUT2D eigenvalue weighted by Crippen LogP contribution is 2.27. The molecule has 96 valence electrons. The SMILES string of the molecule is C=C[C@@H]1CCC(=O)N1S(=O)(=O)c1ccc(C)cc1. The lowest BCUT2D eigenvalue weighted by Crippen LogP contribution is -2.37. The van der Waals surface area contributed by atoms with Crippen LogP contribution in [-0.4, -0.2) is 24.7 Å². The minimum absolute atomic E-state index is 0.148. The van der Waals surface area contributed by atoms with Gasteiger partial charge in [0.05, 0.1) is 10.9 Å². The summed E-state index contributed by atoms with van der Waals surface area (Å²) in [7, 11) is -3.75. The molecule has 1 saturated heterocycles. The molecule has 5 heteroatoms. The van der Waals surface area contributed by atoms with E-state index in [0.29, 0.717) is 6.42 Å². The Kier molecular flexibility index (Phi) is 3.26. The van der Waals surface area contributed by atoms with Crippen molar-refractivity contribution in [3.05, 3.63) is 42.5 Å². The summed E-state index contributed by atoms with van der Waals surface area (Å²) >= 11 is 0. The zero-order valence-electron chi connectivity index (χ0n) is 10.2. The lowest BCUT2D eigenvalue weighted by atomic mass is 10.2. The molecule has 0 spiro atoms. The Labute approximate surface area is 107 Å². The summed E-state index contributed by atoms with van der Waals surface area (Å²) in [4.78, 5) is 11.9. The summed E-state index contributed by atoms with van der Waals surface area (Å²) in [5.74, 6) is -0.361. The molecule has 1 fully saturated rings. The van der Waals surface area contributed by atoms with E-state index >= 15 is 0 Å². The molecule has 1 atom stereocenters. The number of hydrogen-bond donors (Lipinski definition) is 0. The Bertz CT molecular complexity index is 575. The smallest absolute Gasteiger partial charge is 0.267 e. The molecule has 0 aromatic heterocycles. The highest BCUT2D eigenvalue weighted by atomic mass is 32.2. The molecule has 4 nitrogen and oxygen atoms in total.